The van der Waals surface area contributed by atoms with Crippen molar-refractivity contribution in [3.8, 4) is 0 Å². The zero-order chi connectivity index (χ0) is 13.3. The van der Waals surface area contributed by atoms with Gasteiger partial charge in [-0.1, -0.05) is 17.7 Å². The van der Waals surface area contributed by atoms with Crippen LogP contribution in [0, 0.1) is 0 Å². The highest BCUT2D eigenvalue weighted by molar-refractivity contribution is 7.08. The molecule has 1 aromatic heterocycles. The minimum atomic E-state index is -4.47. The third-order valence-electron chi connectivity index (χ3n) is 2.56. The number of hydrogen-bond donors (Lipinski definition) is 1. The number of halogens is 4. The topological polar surface area (TPSA) is 26.0 Å². The average molecular weight is 292 g/mol. The molecule has 0 fully saturated rings. The molecule has 2 rings (SSSR count). The van der Waals surface area contributed by atoms with Crippen LogP contribution < -0.4 is 5.73 Å². The number of thiophene rings is 1. The smallest absolute Gasteiger partial charge is 0.320 e. The van der Waals surface area contributed by atoms with Gasteiger partial charge in [0.1, 0.15) is 0 Å². The number of rotatable bonds is 2. The van der Waals surface area contributed by atoms with Crippen molar-refractivity contribution >= 4 is 22.9 Å². The van der Waals surface area contributed by atoms with Crippen LogP contribution in [0.5, 0.6) is 0 Å². The van der Waals surface area contributed by atoms with Gasteiger partial charge in [-0.15, -0.1) is 0 Å². The second-order valence-electron chi connectivity index (χ2n) is 3.77. The molecule has 0 unspecified atom stereocenters. The van der Waals surface area contributed by atoms with Crippen molar-refractivity contribution in [1.29, 1.82) is 0 Å². The van der Waals surface area contributed by atoms with E-state index >= 15 is 0 Å². The molecule has 0 aliphatic rings. The Labute approximate surface area is 111 Å². The van der Waals surface area contributed by atoms with Crippen LogP contribution in [0.1, 0.15) is 22.7 Å². The van der Waals surface area contributed by atoms with Crippen molar-refractivity contribution in [3.05, 3.63) is 56.7 Å². The maximum atomic E-state index is 12.7. The molecular formula is C12H9ClF3NS. The first-order valence-electron chi connectivity index (χ1n) is 5.04. The third kappa shape index (κ3) is 2.68. The Balaban J connectivity index is 2.42. The van der Waals surface area contributed by atoms with E-state index in [0.717, 1.165) is 11.6 Å². The predicted molar refractivity (Wildman–Crippen MR) is 66.8 cm³/mol. The van der Waals surface area contributed by atoms with Gasteiger partial charge in [-0.2, -0.15) is 24.5 Å². The fourth-order valence-corrected chi connectivity index (χ4v) is 2.52. The van der Waals surface area contributed by atoms with Crippen LogP contribution in [0.3, 0.4) is 0 Å². The second kappa shape index (κ2) is 4.91. The van der Waals surface area contributed by atoms with E-state index in [1.807, 2.05) is 10.8 Å². The van der Waals surface area contributed by atoms with Crippen LogP contribution in [0.4, 0.5) is 13.2 Å². The van der Waals surface area contributed by atoms with Crippen molar-refractivity contribution in [1.82, 2.24) is 0 Å². The monoisotopic (exact) mass is 291 g/mol. The molecule has 2 aromatic rings. The molecule has 1 aromatic carbocycles. The zero-order valence-electron chi connectivity index (χ0n) is 9.04. The highest BCUT2D eigenvalue weighted by atomic mass is 35.5. The summed E-state index contributed by atoms with van der Waals surface area (Å²) in [6.07, 6.45) is -4.47. The van der Waals surface area contributed by atoms with E-state index < -0.39 is 17.8 Å². The quantitative estimate of drug-likeness (QED) is 0.868. The third-order valence-corrected chi connectivity index (χ3v) is 3.59. The largest absolute Gasteiger partial charge is 0.417 e. The molecule has 0 saturated carbocycles. The lowest BCUT2D eigenvalue weighted by Crippen LogP contribution is -2.13. The van der Waals surface area contributed by atoms with Gasteiger partial charge >= 0.3 is 6.18 Å². The summed E-state index contributed by atoms with van der Waals surface area (Å²) in [5.41, 5.74) is 6.25. The molecule has 0 bridgehead atoms. The summed E-state index contributed by atoms with van der Waals surface area (Å²) in [7, 11) is 0. The molecule has 0 saturated heterocycles. The van der Waals surface area contributed by atoms with E-state index in [2.05, 4.69) is 0 Å². The minimum absolute atomic E-state index is 0.316. The van der Waals surface area contributed by atoms with Crippen molar-refractivity contribution in [3.63, 3.8) is 0 Å². The van der Waals surface area contributed by atoms with Crippen LogP contribution in [-0.2, 0) is 6.18 Å². The number of alkyl halides is 3. The lowest BCUT2D eigenvalue weighted by atomic mass is 10.00. The fourth-order valence-electron chi connectivity index (χ4n) is 1.60. The summed E-state index contributed by atoms with van der Waals surface area (Å²) >= 11 is 7.00. The molecule has 96 valence electrons. The van der Waals surface area contributed by atoms with Crippen molar-refractivity contribution in [2.45, 2.75) is 12.2 Å². The number of nitrogens with two attached hydrogens (primary N) is 1. The number of hydrogen-bond acceptors (Lipinski definition) is 2. The molecule has 0 amide bonds. The van der Waals surface area contributed by atoms with Gasteiger partial charge in [0, 0.05) is 0 Å². The molecule has 0 radical (unpaired) electrons. The highest BCUT2D eigenvalue weighted by Crippen LogP contribution is 2.36. The van der Waals surface area contributed by atoms with E-state index in [1.54, 1.807) is 6.07 Å². The molecule has 6 heteroatoms. The van der Waals surface area contributed by atoms with Crippen LogP contribution >= 0.6 is 22.9 Å². The van der Waals surface area contributed by atoms with E-state index in [-0.39, 0.29) is 5.02 Å². The highest BCUT2D eigenvalue weighted by Gasteiger charge is 2.33. The molecule has 0 spiro atoms. The van der Waals surface area contributed by atoms with Crippen LogP contribution in [-0.4, -0.2) is 0 Å². The molecule has 1 nitrogen and oxygen atoms in total. The van der Waals surface area contributed by atoms with Gasteiger partial charge < -0.3 is 5.73 Å². The van der Waals surface area contributed by atoms with Gasteiger partial charge in [-0.25, -0.2) is 0 Å². The van der Waals surface area contributed by atoms with Gasteiger partial charge in [0.2, 0.25) is 0 Å². The zero-order valence-corrected chi connectivity index (χ0v) is 10.6. The Hall–Kier alpha value is -1.04. The SMILES string of the molecule is N[C@@H](c1ccsc1)c1ccc(Cl)c(C(F)(F)F)c1. The average Bonchev–Trinajstić information content (AvgIpc) is 2.80. The maximum Gasteiger partial charge on any atom is 0.417 e. The predicted octanol–water partition coefficient (Wildman–Crippen LogP) is 4.47. The molecule has 18 heavy (non-hydrogen) atoms. The Kier molecular flexibility index (Phi) is 3.66. The summed E-state index contributed by atoms with van der Waals surface area (Å²) < 4.78 is 38.1. The molecule has 0 aliphatic carbocycles. The van der Waals surface area contributed by atoms with Crippen molar-refractivity contribution in [2.24, 2.45) is 5.73 Å². The first-order valence-corrected chi connectivity index (χ1v) is 6.36. The molecular weight excluding hydrogens is 283 g/mol. The molecule has 1 heterocycles. The summed E-state index contributed by atoms with van der Waals surface area (Å²) in [5.74, 6) is 0. The standard InChI is InChI=1S/C12H9ClF3NS/c13-10-2-1-7(5-9(10)12(14,15)16)11(17)8-3-4-18-6-8/h1-6,11H,17H2/t11-/m1/s1. The molecule has 2 N–H and O–H groups in total. The van der Waals surface area contributed by atoms with Gasteiger partial charge in [0.25, 0.3) is 0 Å². The first-order chi connectivity index (χ1) is 8.39. The molecule has 1 atom stereocenters. The Morgan fingerprint density at radius 2 is 1.89 bits per heavy atom. The minimum Gasteiger partial charge on any atom is -0.320 e. The maximum absolute atomic E-state index is 12.7. The van der Waals surface area contributed by atoms with Crippen LogP contribution in [0.15, 0.2) is 35.0 Å². The van der Waals surface area contributed by atoms with Crippen molar-refractivity contribution in [2.75, 3.05) is 0 Å². The van der Waals surface area contributed by atoms with E-state index in [9.17, 15) is 13.2 Å². The summed E-state index contributed by atoms with van der Waals surface area (Å²) in [6.45, 7) is 0. The van der Waals surface area contributed by atoms with E-state index in [4.69, 9.17) is 17.3 Å². The summed E-state index contributed by atoms with van der Waals surface area (Å²) in [4.78, 5) is 0. The lowest BCUT2D eigenvalue weighted by Gasteiger charge is -2.15. The number of benzene rings is 1. The first kappa shape index (κ1) is 13.4. The van der Waals surface area contributed by atoms with E-state index in [0.29, 0.717) is 5.56 Å². The molecule has 0 aliphatic heterocycles. The van der Waals surface area contributed by atoms with Gasteiger partial charge in [-0.3, -0.25) is 0 Å². The normalized spacial score (nSPS) is 13.6. The Bertz CT molecular complexity index is 537. The van der Waals surface area contributed by atoms with Crippen LogP contribution in [0.2, 0.25) is 5.02 Å². The summed E-state index contributed by atoms with van der Waals surface area (Å²) in [6, 6.07) is 4.96. The fraction of sp³-hybridized carbons (Fsp3) is 0.167. The van der Waals surface area contributed by atoms with Crippen LogP contribution in [0.25, 0.3) is 0 Å². The lowest BCUT2D eigenvalue weighted by molar-refractivity contribution is -0.137. The second-order valence-corrected chi connectivity index (χ2v) is 4.96. The summed E-state index contributed by atoms with van der Waals surface area (Å²) in [5, 5.41) is 3.33. The van der Waals surface area contributed by atoms with Crippen molar-refractivity contribution < 1.29 is 13.2 Å². The van der Waals surface area contributed by atoms with Gasteiger partial charge in [0.05, 0.1) is 16.6 Å². The van der Waals surface area contributed by atoms with E-state index in [1.165, 1.54) is 23.5 Å². The Morgan fingerprint density at radius 3 is 2.44 bits per heavy atom. The van der Waals surface area contributed by atoms with Gasteiger partial charge in [0.15, 0.2) is 0 Å². The Morgan fingerprint density at radius 1 is 1.17 bits per heavy atom. The van der Waals surface area contributed by atoms with Gasteiger partial charge in [-0.05, 0) is 40.1 Å².